The van der Waals surface area contributed by atoms with E-state index in [4.69, 9.17) is 5.11 Å². The summed E-state index contributed by atoms with van der Waals surface area (Å²) in [6.45, 7) is 1.97. The number of hydrogen-bond acceptors (Lipinski definition) is 2. The van der Waals surface area contributed by atoms with E-state index < -0.39 is 5.97 Å². The van der Waals surface area contributed by atoms with Crippen LogP contribution in [0.3, 0.4) is 0 Å². The van der Waals surface area contributed by atoms with Crippen LogP contribution in [0.2, 0.25) is 0 Å². The highest BCUT2D eigenvalue weighted by Gasteiger charge is 2.55. The zero-order valence-electron chi connectivity index (χ0n) is 7.58. The van der Waals surface area contributed by atoms with Crippen LogP contribution in [-0.2, 0) is 4.79 Å². The summed E-state index contributed by atoms with van der Waals surface area (Å²) < 4.78 is 0. The Morgan fingerprint density at radius 3 is 2.54 bits per heavy atom. The molecule has 1 aliphatic heterocycles. The van der Waals surface area contributed by atoms with E-state index in [2.05, 4.69) is 5.32 Å². The second kappa shape index (κ2) is 3.84. The fourth-order valence-electron chi connectivity index (χ4n) is 2.25. The first-order chi connectivity index (χ1) is 5.76. The van der Waals surface area contributed by atoms with Crippen molar-refractivity contribution in [2.24, 2.45) is 11.3 Å². The second-order valence-electron chi connectivity index (χ2n) is 4.00. The van der Waals surface area contributed by atoms with Crippen molar-refractivity contribution in [1.82, 2.24) is 5.32 Å². The van der Waals surface area contributed by atoms with Crippen LogP contribution in [0.5, 0.6) is 0 Å². The molecular weight excluding hydrogens is 190 g/mol. The lowest BCUT2D eigenvalue weighted by Gasteiger charge is -2.27. The molecule has 0 bridgehead atoms. The fraction of sp³-hybridized carbons (Fsp3) is 0.889. The quantitative estimate of drug-likeness (QED) is 0.714. The van der Waals surface area contributed by atoms with Gasteiger partial charge in [0.15, 0.2) is 0 Å². The van der Waals surface area contributed by atoms with Crippen molar-refractivity contribution in [3.05, 3.63) is 0 Å². The first kappa shape index (κ1) is 10.8. The summed E-state index contributed by atoms with van der Waals surface area (Å²) in [4.78, 5) is 11.0. The highest BCUT2D eigenvalue weighted by atomic mass is 35.5. The van der Waals surface area contributed by atoms with Gasteiger partial charge in [-0.25, -0.2) is 0 Å². The summed E-state index contributed by atoms with van der Waals surface area (Å²) in [5.74, 6) is -0.181. The maximum absolute atomic E-state index is 11.0. The average molecular weight is 206 g/mol. The molecule has 76 valence electrons. The number of carbonyl (C=O) groups is 1. The van der Waals surface area contributed by atoms with Gasteiger partial charge in [0.1, 0.15) is 0 Å². The Morgan fingerprint density at radius 2 is 2.15 bits per heavy atom. The maximum Gasteiger partial charge on any atom is 0.309 e. The number of rotatable bonds is 2. The van der Waals surface area contributed by atoms with Crippen LogP contribution in [0.1, 0.15) is 25.7 Å². The van der Waals surface area contributed by atoms with Crippen LogP contribution in [0.4, 0.5) is 0 Å². The average Bonchev–Trinajstić information content (AvgIpc) is 2.86. The molecule has 0 amide bonds. The molecule has 0 aromatic carbocycles. The first-order valence-electron chi connectivity index (χ1n) is 4.70. The molecule has 1 saturated heterocycles. The Morgan fingerprint density at radius 1 is 1.46 bits per heavy atom. The normalized spacial score (nSPS) is 30.3. The van der Waals surface area contributed by atoms with Gasteiger partial charge in [-0.15, -0.1) is 12.4 Å². The zero-order valence-corrected chi connectivity index (χ0v) is 8.40. The standard InChI is InChI=1S/C9H15NO2.ClH/c11-8(12)9(3-4-9)7-2-1-5-10-6-7;/h7,10H,1-6H2,(H,11,12);1H. The SMILES string of the molecule is Cl.O=C(O)C1(C2CCCNC2)CC1. The second-order valence-corrected chi connectivity index (χ2v) is 4.00. The first-order valence-corrected chi connectivity index (χ1v) is 4.70. The molecule has 1 saturated carbocycles. The summed E-state index contributed by atoms with van der Waals surface area (Å²) in [5, 5.41) is 12.3. The van der Waals surface area contributed by atoms with E-state index in [1.807, 2.05) is 0 Å². The van der Waals surface area contributed by atoms with Crippen LogP contribution in [0.25, 0.3) is 0 Å². The lowest BCUT2D eigenvalue weighted by molar-refractivity contribution is -0.146. The minimum absolute atomic E-state index is 0. The summed E-state index contributed by atoms with van der Waals surface area (Å²) in [6, 6.07) is 0. The predicted molar refractivity (Wildman–Crippen MR) is 52.1 cm³/mol. The van der Waals surface area contributed by atoms with Gasteiger partial charge in [0.25, 0.3) is 0 Å². The molecule has 1 aliphatic carbocycles. The fourth-order valence-corrected chi connectivity index (χ4v) is 2.25. The van der Waals surface area contributed by atoms with Gasteiger partial charge in [0, 0.05) is 0 Å². The minimum Gasteiger partial charge on any atom is -0.481 e. The molecule has 2 fully saturated rings. The van der Waals surface area contributed by atoms with Crippen LogP contribution in [0, 0.1) is 11.3 Å². The molecule has 3 nitrogen and oxygen atoms in total. The molecule has 0 aromatic rings. The Balaban J connectivity index is 0.000000845. The monoisotopic (exact) mass is 205 g/mol. The third kappa shape index (κ3) is 1.81. The minimum atomic E-state index is -0.573. The van der Waals surface area contributed by atoms with Crippen LogP contribution < -0.4 is 5.32 Å². The topological polar surface area (TPSA) is 49.3 Å². The van der Waals surface area contributed by atoms with Gasteiger partial charge in [-0.3, -0.25) is 4.79 Å². The van der Waals surface area contributed by atoms with Gasteiger partial charge in [-0.2, -0.15) is 0 Å². The Labute approximate surface area is 84.3 Å². The van der Waals surface area contributed by atoms with Crippen molar-refractivity contribution in [2.45, 2.75) is 25.7 Å². The highest BCUT2D eigenvalue weighted by Crippen LogP contribution is 2.53. The third-order valence-electron chi connectivity index (χ3n) is 3.29. The number of halogens is 1. The number of carboxylic acid groups (broad SMARTS) is 1. The zero-order chi connectivity index (χ0) is 8.60. The largest absolute Gasteiger partial charge is 0.481 e. The van der Waals surface area contributed by atoms with E-state index in [1.54, 1.807) is 0 Å². The van der Waals surface area contributed by atoms with E-state index in [9.17, 15) is 4.79 Å². The number of aliphatic carboxylic acids is 1. The molecule has 1 atom stereocenters. The number of carboxylic acids is 1. The van der Waals surface area contributed by atoms with E-state index in [0.29, 0.717) is 5.92 Å². The van der Waals surface area contributed by atoms with Crippen molar-refractivity contribution in [2.75, 3.05) is 13.1 Å². The number of hydrogen-bond donors (Lipinski definition) is 2. The molecule has 1 unspecified atom stereocenters. The van der Waals surface area contributed by atoms with Crippen molar-refractivity contribution in [1.29, 1.82) is 0 Å². The molecular formula is C9H16ClNO2. The van der Waals surface area contributed by atoms with E-state index in [-0.39, 0.29) is 17.8 Å². The van der Waals surface area contributed by atoms with Crippen molar-refractivity contribution in [3.8, 4) is 0 Å². The van der Waals surface area contributed by atoms with Crippen LogP contribution in [0.15, 0.2) is 0 Å². The van der Waals surface area contributed by atoms with Crippen molar-refractivity contribution < 1.29 is 9.90 Å². The lowest BCUT2D eigenvalue weighted by atomic mass is 9.83. The number of piperidine rings is 1. The van der Waals surface area contributed by atoms with E-state index in [0.717, 1.165) is 38.8 Å². The van der Waals surface area contributed by atoms with Gasteiger partial charge < -0.3 is 10.4 Å². The summed E-state index contributed by atoms with van der Waals surface area (Å²) in [7, 11) is 0. The molecule has 1 heterocycles. The molecule has 0 radical (unpaired) electrons. The van der Waals surface area contributed by atoms with Gasteiger partial charge in [-0.1, -0.05) is 0 Å². The highest BCUT2D eigenvalue weighted by molar-refractivity contribution is 5.85. The molecule has 0 spiro atoms. The molecule has 13 heavy (non-hydrogen) atoms. The van der Waals surface area contributed by atoms with Gasteiger partial charge >= 0.3 is 5.97 Å². The molecule has 2 rings (SSSR count). The number of nitrogens with one attached hydrogen (secondary N) is 1. The van der Waals surface area contributed by atoms with Crippen molar-refractivity contribution in [3.63, 3.8) is 0 Å². The molecule has 2 N–H and O–H groups in total. The van der Waals surface area contributed by atoms with Gasteiger partial charge in [-0.05, 0) is 44.7 Å². The van der Waals surface area contributed by atoms with Crippen LogP contribution >= 0.6 is 12.4 Å². The summed E-state index contributed by atoms with van der Waals surface area (Å²) in [6.07, 6.45) is 4.03. The maximum atomic E-state index is 11.0. The van der Waals surface area contributed by atoms with E-state index >= 15 is 0 Å². The smallest absolute Gasteiger partial charge is 0.309 e. The molecule has 0 aromatic heterocycles. The Bertz CT molecular complexity index is 198. The summed E-state index contributed by atoms with van der Waals surface area (Å²) >= 11 is 0. The van der Waals surface area contributed by atoms with Crippen LogP contribution in [-0.4, -0.2) is 24.2 Å². The van der Waals surface area contributed by atoms with Crippen molar-refractivity contribution >= 4 is 18.4 Å². The molecule has 2 aliphatic rings. The van der Waals surface area contributed by atoms with E-state index in [1.165, 1.54) is 0 Å². The Kier molecular flexibility index (Phi) is 3.19. The van der Waals surface area contributed by atoms with Gasteiger partial charge in [0.2, 0.25) is 0 Å². The predicted octanol–water partition coefficient (Wildman–Crippen LogP) is 1.27. The van der Waals surface area contributed by atoms with Gasteiger partial charge in [0.05, 0.1) is 5.41 Å². The third-order valence-corrected chi connectivity index (χ3v) is 3.29. The molecule has 4 heteroatoms. The lowest BCUT2D eigenvalue weighted by Crippen LogP contribution is -2.38. The summed E-state index contributed by atoms with van der Waals surface area (Å²) in [5.41, 5.74) is -0.326. The Hall–Kier alpha value is -0.280.